The van der Waals surface area contributed by atoms with Crippen LogP contribution in [-0.4, -0.2) is 28.8 Å². The van der Waals surface area contributed by atoms with E-state index in [9.17, 15) is 4.79 Å². The Hall–Kier alpha value is -1.10. The molecule has 88 valence electrons. The molecule has 4 nitrogen and oxygen atoms in total. The van der Waals surface area contributed by atoms with Crippen LogP contribution in [0.25, 0.3) is 0 Å². The fourth-order valence-corrected chi connectivity index (χ4v) is 2.12. The molecule has 0 aliphatic heterocycles. The summed E-state index contributed by atoms with van der Waals surface area (Å²) in [5.74, 6) is 1.21. The van der Waals surface area contributed by atoms with E-state index in [4.69, 9.17) is 0 Å². The number of methoxy groups -OCH3 is 1. The Morgan fingerprint density at radius 3 is 2.88 bits per heavy atom. The molecule has 0 spiro atoms. The standard InChI is InChI=1S/C11H16N2O2S/c1-8(2)4-5-16-10-7-12-6-9(13-10)11(14)15-3/h6-8H,4-5H2,1-3H3. The molecule has 0 aliphatic rings. The maximum atomic E-state index is 11.2. The van der Waals surface area contributed by atoms with Crippen LogP contribution < -0.4 is 0 Å². The summed E-state index contributed by atoms with van der Waals surface area (Å²) in [4.78, 5) is 19.3. The van der Waals surface area contributed by atoms with E-state index in [0.29, 0.717) is 5.92 Å². The molecule has 0 fully saturated rings. The van der Waals surface area contributed by atoms with Crippen LogP contribution in [0.5, 0.6) is 0 Å². The van der Waals surface area contributed by atoms with Gasteiger partial charge >= 0.3 is 5.97 Å². The summed E-state index contributed by atoms with van der Waals surface area (Å²) < 4.78 is 4.58. The molecule has 1 aromatic rings. The highest BCUT2D eigenvalue weighted by molar-refractivity contribution is 7.99. The van der Waals surface area contributed by atoms with Gasteiger partial charge in [-0.25, -0.2) is 9.78 Å². The van der Waals surface area contributed by atoms with Gasteiger partial charge in [-0.05, 0) is 18.1 Å². The lowest BCUT2D eigenvalue weighted by atomic mass is 10.2. The molecule has 0 amide bonds. The highest BCUT2D eigenvalue weighted by Crippen LogP contribution is 2.17. The molecule has 5 heteroatoms. The highest BCUT2D eigenvalue weighted by atomic mass is 32.2. The zero-order valence-electron chi connectivity index (χ0n) is 9.77. The predicted molar refractivity (Wildman–Crippen MR) is 63.6 cm³/mol. The molecule has 0 saturated heterocycles. The van der Waals surface area contributed by atoms with Crippen molar-refractivity contribution in [3.8, 4) is 0 Å². The summed E-state index contributed by atoms with van der Waals surface area (Å²) in [6.45, 7) is 4.36. The zero-order valence-corrected chi connectivity index (χ0v) is 10.6. The summed E-state index contributed by atoms with van der Waals surface area (Å²) in [5, 5.41) is 0.767. The lowest BCUT2D eigenvalue weighted by Crippen LogP contribution is -2.05. The first kappa shape index (κ1) is 13.0. The number of esters is 1. The Kier molecular flexibility index (Phi) is 5.25. The molecule has 0 N–H and O–H groups in total. The van der Waals surface area contributed by atoms with Crippen molar-refractivity contribution in [2.45, 2.75) is 25.3 Å². The molecule has 0 aromatic carbocycles. The van der Waals surface area contributed by atoms with Crippen LogP contribution in [0.3, 0.4) is 0 Å². The quantitative estimate of drug-likeness (QED) is 0.584. The molecule has 0 unspecified atom stereocenters. The van der Waals surface area contributed by atoms with Crippen LogP contribution in [0.4, 0.5) is 0 Å². The van der Waals surface area contributed by atoms with Crippen molar-refractivity contribution in [1.82, 2.24) is 9.97 Å². The average Bonchev–Trinajstić information content (AvgIpc) is 2.28. The summed E-state index contributed by atoms with van der Waals surface area (Å²) in [6.07, 6.45) is 4.20. The zero-order chi connectivity index (χ0) is 12.0. The number of nitrogens with zero attached hydrogens (tertiary/aromatic N) is 2. The molecule has 0 atom stereocenters. The third-order valence-corrected chi connectivity index (χ3v) is 2.88. The van der Waals surface area contributed by atoms with Crippen molar-refractivity contribution in [3.05, 3.63) is 18.1 Å². The first-order valence-corrected chi connectivity index (χ1v) is 6.15. The van der Waals surface area contributed by atoms with E-state index in [2.05, 4.69) is 28.6 Å². The smallest absolute Gasteiger partial charge is 0.358 e. The number of rotatable bonds is 5. The minimum atomic E-state index is -0.446. The maximum absolute atomic E-state index is 11.2. The minimum absolute atomic E-state index is 0.261. The second kappa shape index (κ2) is 6.48. The van der Waals surface area contributed by atoms with Gasteiger partial charge in [0.15, 0.2) is 5.69 Å². The Morgan fingerprint density at radius 2 is 2.25 bits per heavy atom. The first-order chi connectivity index (χ1) is 7.63. The van der Waals surface area contributed by atoms with E-state index in [1.54, 1.807) is 18.0 Å². The van der Waals surface area contributed by atoms with E-state index in [-0.39, 0.29) is 5.69 Å². The largest absolute Gasteiger partial charge is 0.464 e. The normalized spacial score (nSPS) is 10.5. The predicted octanol–water partition coefficient (Wildman–Crippen LogP) is 2.40. The number of carbonyl (C=O) groups excluding carboxylic acids is 1. The van der Waals surface area contributed by atoms with Crippen molar-refractivity contribution in [2.75, 3.05) is 12.9 Å². The van der Waals surface area contributed by atoms with Crippen molar-refractivity contribution in [3.63, 3.8) is 0 Å². The molecule has 1 rings (SSSR count). The lowest BCUT2D eigenvalue weighted by molar-refractivity contribution is 0.0592. The van der Waals surface area contributed by atoms with Crippen LogP contribution in [-0.2, 0) is 4.74 Å². The van der Waals surface area contributed by atoms with E-state index >= 15 is 0 Å². The SMILES string of the molecule is COC(=O)c1cncc(SCCC(C)C)n1. The molecular formula is C11H16N2O2S. The average molecular weight is 240 g/mol. The van der Waals surface area contributed by atoms with Crippen molar-refractivity contribution < 1.29 is 9.53 Å². The second-order valence-corrected chi connectivity index (χ2v) is 4.88. The Morgan fingerprint density at radius 1 is 1.50 bits per heavy atom. The Balaban J connectivity index is 2.57. The topological polar surface area (TPSA) is 52.1 Å². The minimum Gasteiger partial charge on any atom is -0.464 e. The van der Waals surface area contributed by atoms with E-state index in [0.717, 1.165) is 17.2 Å². The molecule has 0 bridgehead atoms. The van der Waals surface area contributed by atoms with Gasteiger partial charge in [-0.15, -0.1) is 11.8 Å². The number of aromatic nitrogens is 2. The Bertz CT molecular complexity index is 356. The third kappa shape index (κ3) is 4.18. The number of ether oxygens (including phenoxy) is 1. The van der Waals surface area contributed by atoms with Gasteiger partial charge in [0, 0.05) is 0 Å². The maximum Gasteiger partial charge on any atom is 0.358 e. The fourth-order valence-electron chi connectivity index (χ4n) is 1.02. The molecule has 0 aliphatic carbocycles. The van der Waals surface area contributed by atoms with Crippen LogP contribution in [0.2, 0.25) is 0 Å². The fraction of sp³-hybridized carbons (Fsp3) is 0.545. The van der Waals surface area contributed by atoms with Gasteiger partial charge in [0.2, 0.25) is 0 Å². The van der Waals surface area contributed by atoms with Gasteiger partial charge in [0.1, 0.15) is 5.03 Å². The highest BCUT2D eigenvalue weighted by Gasteiger charge is 2.08. The Labute approximate surface area is 99.8 Å². The molecular weight excluding hydrogens is 224 g/mol. The molecule has 1 aromatic heterocycles. The van der Waals surface area contributed by atoms with Crippen molar-refractivity contribution >= 4 is 17.7 Å². The van der Waals surface area contributed by atoms with Gasteiger partial charge in [-0.2, -0.15) is 0 Å². The van der Waals surface area contributed by atoms with Crippen molar-refractivity contribution in [2.24, 2.45) is 5.92 Å². The van der Waals surface area contributed by atoms with Gasteiger partial charge in [-0.3, -0.25) is 4.98 Å². The van der Waals surface area contributed by atoms with Crippen LogP contribution in [0.15, 0.2) is 17.4 Å². The molecule has 1 heterocycles. The molecule has 16 heavy (non-hydrogen) atoms. The second-order valence-electron chi connectivity index (χ2n) is 3.77. The number of hydrogen-bond donors (Lipinski definition) is 0. The van der Waals surface area contributed by atoms with Crippen LogP contribution in [0.1, 0.15) is 30.8 Å². The number of thioether (sulfide) groups is 1. The summed E-state index contributed by atoms with van der Waals surface area (Å²) >= 11 is 1.61. The first-order valence-electron chi connectivity index (χ1n) is 5.16. The third-order valence-electron chi connectivity index (χ3n) is 1.95. The summed E-state index contributed by atoms with van der Waals surface area (Å²) in [5.41, 5.74) is 0.261. The molecule has 0 radical (unpaired) electrons. The summed E-state index contributed by atoms with van der Waals surface area (Å²) in [7, 11) is 1.34. The van der Waals surface area contributed by atoms with Gasteiger partial charge in [0.25, 0.3) is 0 Å². The van der Waals surface area contributed by atoms with Gasteiger partial charge in [0.05, 0.1) is 19.5 Å². The van der Waals surface area contributed by atoms with Crippen LogP contribution in [0, 0.1) is 5.92 Å². The van der Waals surface area contributed by atoms with Crippen molar-refractivity contribution in [1.29, 1.82) is 0 Å². The number of carbonyl (C=O) groups is 1. The lowest BCUT2D eigenvalue weighted by Gasteiger charge is -2.04. The van der Waals surface area contributed by atoms with E-state index in [1.807, 2.05) is 0 Å². The van der Waals surface area contributed by atoms with E-state index < -0.39 is 5.97 Å². The molecule has 0 saturated carbocycles. The number of hydrogen-bond acceptors (Lipinski definition) is 5. The van der Waals surface area contributed by atoms with Gasteiger partial charge in [-0.1, -0.05) is 13.8 Å². The van der Waals surface area contributed by atoms with E-state index in [1.165, 1.54) is 13.3 Å². The van der Waals surface area contributed by atoms with Gasteiger partial charge < -0.3 is 4.74 Å². The summed E-state index contributed by atoms with van der Waals surface area (Å²) in [6, 6.07) is 0. The monoisotopic (exact) mass is 240 g/mol. The van der Waals surface area contributed by atoms with Crippen LogP contribution >= 0.6 is 11.8 Å².